The Morgan fingerprint density at radius 3 is 1.71 bits per heavy atom. The molecule has 2 bridgehead atoms. The zero-order valence-corrected chi connectivity index (χ0v) is 19.3. The van der Waals surface area contributed by atoms with Crippen molar-refractivity contribution in [1.82, 2.24) is 0 Å². The zero-order chi connectivity index (χ0) is 22.2. The van der Waals surface area contributed by atoms with Gasteiger partial charge in [0, 0.05) is 25.7 Å². The Morgan fingerprint density at radius 1 is 0.871 bits per heavy atom. The molecule has 3 aliphatic rings. The van der Waals surface area contributed by atoms with Crippen LogP contribution in [0.5, 0.6) is 0 Å². The number of aryl methyl sites for hydroxylation is 2. The van der Waals surface area contributed by atoms with E-state index in [1.807, 2.05) is 0 Å². The lowest BCUT2D eigenvalue weighted by Crippen LogP contribution is -2.53. The molecule has 6 heteroatoms. The van der Waals surface area contributed by atoms with E-state index < -0.39 is 10.4 Å². The van der Waals surface area contributed by atoms with Crippen LogP contribution in [0, 0.1) is 0 Å². The van der Waals surface area contributed by atoms with Gasteiger partial charge >= 0.3 is 0 Å². The lowest BCUT2D eigenvalue weighted by Gasteiger charge is -2.43. The number of nitrogens with zero attached hydrogens (tertiary/aromatic N) is 1. The summed E-state index contributed by atoms with van der Waals surface area (Å²) in [5.41, 5.74) is 9.40. The van der Waals surface area contributed by atoms with Gasteiger partial charge in [0.05, 0.1) is 33.3 Å². The highest BCUT2D eigenvalue weighted by Gasteiger charge is 2.47. The minimum absolute atomic E-state index is 0.808. The third-order valence-electron chi connectivity index (χ3n) is 7.47. The van der Waals surface area contributed by atoms with Gasteiger partial charge in [0.15, 0.2) is 0 Å². The summed E-state index contributed by atoms with van der Waals surface area (Å²) in [6, 6.07) is 19.9. The number of piperidine rings is 1. The molecular weight excluding hydrogens is 410 g/mol. The van der Waals surface area contributed by atoms with E-state index in [-0.39, 0.29) is 0 Å². The number of benzene rings is 2. The molecule has 2 atom stereocenters. The van der Waals surface area contributed by atoms with E-state index >= 15 is 0 Å². The fourth-order valence-corrected chi connectivity index (χ4v) is 5.64. The predicted octanol–water partition coefficient (Wildman–Crippen LogP) is 4.08. The molecule has 2 aromatic rings. The Morgan fingerprint density at radius 2 is 1.29 bits per heavy atom. The van der Waals surface area contributed by atoms with Gasteiger partial charge in [0.1, 0.15) is 0 Å². The van der Waals surface area contributed by atoms with Gasteiger partial charge in [-0.1, -0.05) is 48.5 Å². The van der Waals surface area contributed by atoms with Crippen LogP contribution in [0.1, 0.15) is 47.9 Å². The first-order chi connectivity index (χ1) is 14.7. The van der Waals surface area contributed by atoms with E-state index in [0.29, 0.717) is 0 Å². The highest BCUT2D eigenvalue weighted by Crippen LogP contribution is 2.46. The molecule has 31 heavy (non-hydrogen) atoms. The Labute approximate surface area is 185 Å². The molecule has 2 fully saturated rings. The smallest absolute Gasteiger partial charge is 0.217 e. The van der Waals surface area contributed by atoms with Crippen molar-refractivity contribution in [3.63, 3.8) is 0 Å². The van der Waals surface area contributed by atoms with Crippen LogP contribution in [0.25, 0.3) is 5.57 Å². The fraction of sp³-hybridized carbons (Fsp3) is 0.440. The Hall–Kier alpha value is -1.99. The number of hydrogen-bond donors (Lipinski definition) is 0. The van der Waals surface area contributed by atoms with E-state index in [1.54, 1.807) is 11.1 Å². The van der Waals surface area contributed by atoms with Gasteiger partial charge in [-0.2, -0.15) is 0 Å². The van der Waals surface area contributed by atoms with Crippen molar-refractivity contribution in [3.05, 3.63) is 76.4 Å². The normalized spacial score (nSPS) is 23.9. The molecule has 0 spiro atoms. The minimum Gasteiger partial charge on any atom is -0.726 e. The molecule has 1 aliphatic carbocycles. The van der Waals surface area contributed by atoms with Gasteiger partial charge in [-0.15, -0.1) is 0 Å². The van der Waals surface area contributed by atoms with Crippen molar-refractivity contribution in [2.24, 2.45) is 0 Å². The molecule has 2 aromatic carbocycles. The predicted molar refractivity (Wildman–Crippen MR) is 121 cm³/mol. The first-order valence-electron chi connectivity index (χ1n) is 10.9. The first-order valence-corrected chi connectivity index (χ1v) is 12.3. The van der Waals surface area contributed by atoms with Crippen molar-refractivity contribution in [3.8, 4) is 0 Å². The number of rotatable bonds is 1. The molecule has 0 saturated carbocycles. The maximum absolute atomic E-state index is 9.22. The van der Waals surface area contributed by atoms with Crippen LogP contribution in [0.2, 0.25) is 0 Å². The molecule has 5 nitrogen and oxygen atoms in total. The second-order valence-electron chi connectivity index (χ2n) is 9.29. The fourth-order valence-electron chi connectivity index (χ4n) is 5.64. The molecule has 166 valence electrons. The maximum Gasteiger partial charge on any atom is 0.217 e. The van der Waals surface area contributed by atoms with Crippen molar-refractivity contribution < 1.29 is 21.6 Å². The lowest BCUT2D eigenvalue weighted by atomic mass is 9.83. The Bertz CT molecular complexity index is 1040. The van der Waals surface area contributed by atoms with Crippen LogP contribution in [0.15, 0.2) is 54.1 Å². The number of fused-ring (bicyclic) bond motifs is 4. The largest absolute Gasteiger partial charge is 0.726 e. The summed E-state index contributed by atoms with van der Waals surface area (Å²) in [5.74, 6) is 0. The average molecular weight is 442 g/mol. The quantitative estimate of drug-likeness (QED) is 0.380. The second-order valence-corrected chi connectivity index (χ2v) is 10.4. The molecule has 0 radical (unpaired) electrons. The summed E-state index contributed by atoms with van der Waals surface area (Å²) in [6.07, 6.45) is 7.69. The molecule has 0 N–H and O–H groups in total. The van der Waals surface area contributed by atoms with E-state index in [1.165, 1.54) is 65.3 Å². The third kappa shape index (κ3) is 4.48. The van der Waals surface area contributed by atoms with Crippen LogP contribution >= 0.6 is 0 Å². The van der Waals surface area contributed by atoms with Gasteiger partial charge in [-0.05, 0) is 46.2 Å². The van der Waals surface area contributed by atoms with Crippen LogP contribution in [0.3, 0.4) is 0 Å². The highest BCUT2D eigenvalue weighted by atomic mass is 32.3. The minimum atomic E-state index is -4.41. The molecule has 0 aromatic heterocycles. The van der Waals surface area contributed by atoms with Crippen LogP contribution in [-0.4, -0.2) is 50.7 Å². The van der Waals surface area contributed by atoms with E-state index in [4.69, 9.17) is 0 Å². The van der Waals surface area contributed by atoms with Gasteiger partial charge < -0.3 is 9.04 Å². The van der Waals surface area contributed by atoms with Gasteiger partial charge in [-0.3, -0.25) is 4.18 Å². The molecule has 2 heterocycles. The monoisotopic (exact) mass is 441 g/mol. The Kier molecular flexibility index (Phi) is 6.10. The molecule has 0 amide bonds. The molecular formula is C25H31NO4S. The van der Waals surface area contributed by atoms with Crippen molar-refractivity contribution in [2.75, 3.05) is 21.2 Å². The van der Waals surface area contributed by atoms with Gasteiger partial charge in [0.2, 0.25) is 10.4 Å². The topological polar surface area (TPSA) is 66.4 Å². The van der Waals surface area contributed by atoms with Crippen LogP contribution in [-0.2, 0) is 27.4 Å². The average Bonchev–Trinajstić information content (AvgIpc) is 2.93. The van der Waals surface area contributed by atoms with E-state index in [2.05, 4.69) is 66.8 Å². The van der Waals surface area contributed by atoms with Crippen molar-refractivity contribution in [1.29, 1.82) is 0 Å². The SMILES string of the molecule is COS(=O)(=O)[O-].C[N+]1(C)C2CCC1CC(=C1c3ccccc3CCc3ccccc31)C2. The zero-order valence-electron chi connectivity index (χ0n) is 18.5. The van der Waals surface area contributed by atoms with E-state index in [0.717, 1.165) is 19.2 Å². The summed E-state index contributed by atoms with van der Waals surface area (Å²) < 4.78 is 32.3. The van der Waals surface area contributed by atoms with E-state index in [9.17, 15) is 13.0 Å². The third-order valence-corrected chi connectivity index (χ3v) is 7.88. The summed E-state index contributed by atoms with van der Waals surface area (Å²) in [4.78, 5) is 0. The molecule has 2 saturated heterocycles. The Balaban J connectivity index is 0.000000342. The second kappa shape index (κ2) is 8.51. The van der Waals surface area contributed by atoms with Gasteiger partial charge in [0.25, 0.3) is 0 Å². The highest BCUT2D eigenvalue weighted by molar-refractivity contribution is 7.80. The van der Waals surface area contributed by atoms with Crippen molar-refractivity contribution in [2.45, 2.75) is 50.6 Å². The van der Waals surface area contributed by atoms with Crippen molar-refractivity contribution >= 4 is 16.0 Å². The van der Waals surface area contributed by atoms with Gasteiger partial charge in [-0.25, -0.2) is 8.42 Å². The number of quaternary nitrogens is 1. The maximum atomic E-state index is 9.22. The number of hydrogen-bond acceptors (Lipinski definition) is 4. The molecule has 2 unspecified atom stereocenters. The standard InChI is InChI=1S/C24H28N.CH4O4S/c1-25(2)20-13-14-21(25)16-19(15-20)24-22-9-5-3-7-17(22)11-12-18-8-4-6-10-23(18)24;1-5-6(2,3)4/h3-10,20-21H,11-16H2,1-2H3;1H3,(H,2,3,4)/q+1;/p-1. The summed E-state index contributed by atoms with van der Waals surface area (Å²) in [7, 11) is 1.31. The van der Waals surface area contributed by atoms with Crippen LogP contribution < -0.4 is 0 Å². The first kappa shape index (κ1) is 22.2. The summed E-state index contributed by atoms with van der Waals surface area (Å²) in [6.45, 7) is 0. The summed E-state index contributed by atoms with van der Waals surface area (Å²) >= 11 is 0. The van der Waals surface area contributed by atoms with Crippen LogP contribution in [0.4, 0.5) is 0 Å². The lowest BCUT2D eigenvalue weighted by molar-refractivity contribution is -0.928. The molecule has 2 aliphatic heterocycles. The summed E-state index contributed by atoms with van der Waals surface area (Å²) in [5, 5.41) is 0. The molecule has 5 rings (SSSR count).